The molecule has 7 nitrogen and oxygen atoms in total. The summed E-state index contributed by atoms with van der Waals surface area (Å²) in [5.74, 6) is 0.549. The number of aryl methyl sites for hydroxylation is 1. The van der Waals surface area contributed by atoms with Gasteiger partial charge in [0.1, 0.15) is 0 Å². The number of rotatable bonds is 1. The largest absolute Gasteiger partial charge is 0.333 e. The molecular formula is C13H18N6O. The van der Waals surface area contributed by atoms with E-state index in [1.54, 1.807) is 15.6 Å². The summed E-state index contributed by atoms with van der Waals surface area (Å²) in [6, 6.07) is 2.39. The van der Waals surface area contributed by atoms with E-state index < -0.39 is 0 Å². The molecule has 2 aromatic heterocycles. The summed E-state index contributed by atoms with van der Waals surface area (Å²) in [7, 11) is 0. The molecular weight excluding hydrogens is 256 g/mol. The molecule has 106 valence electrons. The van der Waals surface area contributed by atoms with Gasteiger partial charge in [-0.3, -0.25) is 4.79 Å². The first-order chi connectivity index (χ1) is 9.54. The molecule has 0 aliphatic carbocycles. The van der Waals surface area contributed by atoms with Crippen LogP contribution in [0.4, 0.5) is 0 Å². The Labute approximate surface area is 117 Å². The molecule has 0 saturated carbocycles. The molecule has 0 spiro atoms. The van der Waals surface area contributed by atoms with Crippen LogP contribution in [-0.2, 0) is 0 Å². The molecule has 3 heterocycles. The lowest BCUT2D eigenvalue weighted by atomic mass is 10.1. The first-order valence-corrected chi connectivity index (χ1v) is 6.78. The maximum absolute atomic E-state index is 12.5. The number of carbonyl (C=O) groups is 1. The van der Waals surface area contributed by atoms with Gasteiger partial charge in [-0.05, 0) is 26.8 Å². The van der Waals surface area contributed by atoms with Crippen molar-refractivity contribution in [3.05, 3.63) is 23.8 Å². The van der Waals surface area contributed by atoms with Gasteiger partial charge in [-0.15, -0.1) is 5.10 Å². The van der Waals surface area contributed by atoms with Crippen LogP contribution in [0.25, 0.3) is 5.78 Å². The number of fused-ring (bicyclic) bond motifs is 1. The van der Waals surface area contributed by atoms with E-state index in [1.165, 1.54) is 0 Å². The average Bonchev–Trinajstić information content (AvgIpc) is 2.82. The number of nitrogens with one attached hydrogen (secondary N) is 1. The van der Waals surface area contributed by atoms with E-state index in [0.717, 1.165) is 5.69 Å². The van der Waals surface area contributed by atoms with Crippen molar-refractivity contribution >= 4 is 11.7 Å². The van der Waals surface area contributed by atoms with Crippen LogP contribution in [0.3, 0.4) is 0 Å². The number of carbonyl (C=O) groups excluding carboxylic acids is 1. The molecule has 1 fully saturated rings. The summed E-state index contributed by atoms with van der Waals surface area (Å²) in [5, 5.41) is 7.67. The standard InChI is InChI=1S/C13H18N6O/c1-8-6-18(7-9(2)15-8)12(20)11-16-13-14-5-4-10(3)19(13)17-11/h4-5,8-9,15H,6-7H2,1-3H3. The van der Waals surface area contributed by atoms with Gasteiger partial charge < -0.3 is 10.2 Å². The second-order valence-corrected chi connectivity index (χ2v) is 5.41. The van der Waals surface area contributed by atoms with E-state index in [-0.39, 0.29) is 23.8 Å². The van der Waals surface area contributed by atoms with Gasteiger partial charge in [0.2, 0.25) is 5.82 Å². The van der Waals surface area contributed by atoms with Crippen molar-refractivity contribution in [2.45, 2.75) is 32.9 Å². The molecule has 1 N–H and O–H groups in total. The van der Waals surface area contributed by atoms with Crippen molar-refractivity contribution in [1.29, 1.82) is 0 Å². The van der Waals surface area contributed by atoms with Gasteiger partial charge in [0, 0.05) is 37.1 Å². The number of nitrogens with zero attached hydrogens (tertiary/aromatic N) is 5. The molecule has 1 aliphatic rings. The van der Waals surface area contributed by atoms with Crippen molar-refractivity contribution in [3.8, 4) is 0 Å². The van der Waals surface area contributed by atoms with Crippen molar-refractivity contribution < 1.29 is 4.79 Å². The molecule has 2 aromatic rings. The summed E-state index contributed by atoms with van der Waals surface area (Å²) >= 11 is 0. The summed E-state index contributed by atoms with van der Waals surface area (Å²) < 4.78 is 1.60. The number of hydrogen-bond acceptors (Lipinski definition) is 5. The lowest BCUT2D eigenvalue weighted by Gasteiger charge is -2.35. The van der Waals surface area contributed by atoms with E-state index in [0.29, 0.717) is 18.9 Å². The third kappa shape index (κ3) is 2.24. The molecule has 0 aromatic carbocycles. The lowest BCUT2D eigenvalue weighted by Crippen LogP contribution is -2.56. The topological polar surface area (TPSA) is 75.4 Å². The fraction of sp³-hybridized carbons (Fsp3) is 0.538. The fourth-order valence-corrected chi connectivity index (χ4v) is 2.63. The minimum Gasteiger partial charge on any atom is -0.333 e. The molecule has 20 heavy (non-hydrogen) atoms. The van der Waals surface area contributed by atoms with Gasteiger partial charge in [-0.25, -0.2) is 9.50 Å². The third-order valence-electron chi connectivity index (χ3n) is 3.47. The Morgan fingerprint density at radius 1 is 1.35 bits per heavy atom. The van der Waals surface area contributed by atoms with Crippen molar-refractivity contribution in [2.75, 3.05) is 13.1 Å². The Morgan fingerprint density at radius 3 is 2.70 bits per heavy atom. The smallest absolute Gasteiger partial charge is 0.293 e. The normalized spacial score (nSPS) is 23.2. The number of hydrogen-bond donors (Lipinski definition) is 1. The molecule has 2 atom stereocenters. The van der Waals surface area contributed by atoms with Crippen LogP contribution in [0.15, 0.2) is 12.3 Å². The van der Waals surface area contributed by atoms with Gasteiger partial charge >= 0.3 is 0 Å². The Balaban J connectivity index is 1.90. The van der Waals surface area contributed by atoms with Gasteiger partial charge in [0.05, 0.1) is 0 Å². The highest BCUT2D eigenvalue weighted by molar-refractivity contribution is 5.91. The van der Waals surface area contributed by atoms with Crippen LogP contribution < -0.4 is 5.32 Å². The van der Waals surface area contributed by atoms with E-state index in [1.807, 2.05) is 13.0 Å². The highest BCUT2D eigenvalue weighted by atomic mass is 16.2. The van der Waals surface area contributed by atoms with Crippen LogP contribution in [0, 0.1) is 6.92 Å². The van der Waals surface area contributed by atoms with Crippen molar-refractivity contribution in [3.63, 3.8) is 0 Å². The van der Waals surface area contributed by atoms with E-state index in [9.17, 15) is 4.79 Å². The summed E-state index contributed by atoms with van der Waals surface area (Å²) in [5.41, 5.74) is 0.906. The average molecular weight is 274 g/mol. The zero-order valence-corrected chi connectivity index (χ0v) is 11.9. The molecule has 1 amide bonds. The minimum atomic E-state index is -0.130. The van der Waals surface area contributed by atoms with Crippen molar-refractivity contribution in [1.82, 2.24) is 29.8 Å². The van der Waals surface area contributed by atoms with E-state index in [2.05, 4.69) is 34.2 Å². The van der Waals surface area contributed by atoms with Crippen LogP contribution in [0.1, 0.15) is 30.2 Å². The first-order valence-electron chi connectivity index (χ1n) is 6.78. The predicted molar refractivity (Wildman–Crippen MR) is 73.5 cm³/mol. The molecule has 0 radical (unpaired) electrons. The van der Waals surface area contributed by atoms with Crippen molar-refractivity contribution in [2.24, 2.45) is 0 Å². The second kappa shape index (κ2) is 4.82. The summed E-state index contributed by atoms with van der Waals surface area (Å²) in [4.78, 5) is 22.7. The number of amides is 1. The summed E-state index contributed by atoms with van der Waals surface area (Å²) in [6.07, 6.45) is 1.67. The van der Waals surface area contributed by atoms with Crippen LogP contribution >= 0.6 is 0 Å². The van der Waals surface area contributed by atoms with Crippen LogP contribution in [0.5, 0.6) is 0 Å². The van der Waals surface area contributed by atoms with E-state index >= 15 is 0 Å². The highest BCUT2D eigenvalue weighted by Crippen LogP contribution is 2.09. The Kier molecular flexibility index (Phi) is 3.13. The van der Waals surface area contributed by atoms with Gasteiger partial charge in [-0.2, -0.15) is 4.98 Å². The molecule has 7 heteroatoms. The molecule has 1 aliphatic heterocycles. The first kappa shape index (κ1) is 13.0. The van der Waals surface area contributed by atoms with Crippen LogP contribution in [-0.4, -0.2) is 55.6 Å². The van der Waals surface area contributed by atoms with Gasteiger partial charge in [0.25, 0.3) is 11.7 Å². The lowest BCUT2D eigenvalue weighted by molar-refractivity contribution is 0.0661. The fourth-order valence-electron chi connectivity index (χ4n) is 2.63. The molecule has 1 saturated heterocycles. The molecule has 2 unspecified atom stereocenters. The zero-order chi connectivity index (χ0) is 14.3. The third-order valence-corrected chi connectivity index (χ3v) is 3.47. The molecule has 0 bridgehead atoms. The van der Waals surface area contributed by atoms with Crippen LogP contribution in [0.2, 0.25) is 0 Å². The molecule has 3 rings (SSSR count). The highest BCUT2D eigenvalue weighted by Gasteiger charge is 2.28. The summed E-state index contributed by atoms with van der Waals surface area (Å²) in [6.45, 7) is 7.39. The van der Waals surface area contributed by atoms with Gasteiger partial charge in [-0.1, -0.05) is 0 Å². The monoisotopic (exact) mass is 274 g/mol. The number of aromatic nitrogens is 4. The number of piperazine rings is 1. The Bertz CT molecular complexity index is 641. The van der Waals surface area contributed by atoms with Gasteiger partial charge in [0.15, 0.2) is 0 Å². The Hall–Kier alpha value is -2.02. The quantitative estimate of drug-likeness (QED) is 0.807. The minimum absolute atomic E-state index is 0.130. The maximum atomic E-state index is 12.5. The second-order valence-electron chi connectivity index (χ2n) is 5.41. The SMILES string of the molecule is Cc1ccnc2nc(C(=O)N3CC(C)NC(C)C3)nn12. The predicted octanol–water partition coefficient (Wildman–Crippen LogP) is 0.255. The zero-order valence-electron chi connectivity index (χ0n) is 11.9. The Morgan fingerprint density at radius 2 is 2.05 bits per heavy atom. The maximum Gasteiger partial charge on any atom is 0.293 e. The van der Waals surface area contributed by atoms with E-state index in [4.69, 9.17) is 0 Å².